The van der Waals surface area contributed by atoms with Crippen LogP contribution in [0.15, 0.2) is 42.5 Å². The standard InChI is InChI=1S/C29H27Cl4N3O2/c1-7-36-15(2)22(17-10-8-9-11-19(17)36)29(18-13-12-16(34(3)4)14-20(18)35(5)6)23-21(28(37)38-29)24(30)26(32)27(33)25(23)31/h8-14H,7H2,1-6H3. The van der Waals surface area contributed by atoms with Gasteiger partial charge in [0.2, 0.25) is 0 Å². The Labute approximate surface area is 242 Å². The molecule has 0 saturated carbocycles. The molecule has 5 rings (SSSR count). The molecular weight excluding hydrogens is 564 g/mol. The lowest BCUT2D eigenvalue weighted by Crippen LogP contribution is -2.33. The van der Waals surface area contributed by atoms with Crippen molar-refractivity contribution in [1.29, 1.82) is 0 Å². The predicted molar refractivity (Wildman–Crippen MR) is 159 cm³/mol. The quantitative estimate of drug-likeness (QED) is 0.133. The van der Waals surface area contributed by atoms with Crippen molar-refractivity contribution in [2.24, 2.45) is 0 Å². The molecule has 9 heteroatoms. The smallest absolute Gasteiger partial charge is 0.341 e. The van der Waals surface area contributed by atoms with E-state index in [0.29, 0.717) is 5.56 Å². The number of fused-ring (bicyclic) bond motifs is 2. The lowest BCUT2D eigenvalue weighted by atomic mass is 9.77. The zero-order chi connectivity index (χ0) is 27.7. The fraction of sp³-hybridized carbons (Fsp3) is 0.276. The summed E-state index contributed by atoms with van der Waals surface area (Å²) in [7, 11) is 7.86. The molecule has 0 bridgehead atoms. The summed E-state index contributed by atoms with van der Waals surface area (Å²) < 4.78 is 8.73. The molecule has 0 fully saturated rings. The van der Waals surface area contributed by atoms with Gasteiger partial charge in [-0.3, -0.25) is 0 Å². The molecule has 1 aliphatic heterocycles. The second-order valence-corrected chi connectivity index (χ2v) is 11.3. The summed E-state index contributed by atoms with van der Waals surface area (Å²) in [5, 5.41) is 1.20. The first kappa shape index (κ1) is 27.0. The first-order valence-electron chi connectivity index (χ1n) is 12.1. The van der Waals surface area contributed by atoms with Crippen molar-refractivity contribution < 1.29 is 9.53 Å². The Morgan fingerprint density at radius 3 is 2.16 bits per heavy atom. The van der Waals surface area contributed by atoms with Crippen LogP contribution in [0, 0.1) is 6.92 Å². The average molecular weight is 591 g/mol. The third kappa shape index (κ3) is 3.63. The highest BCUT2D eigenvalue weighted by Crippen LogP contribution is 2.58. The fourth-order valence-electron chi connectivity index (χ4n) is 5.64. The Morgan fingerprint density at radius 2 is 1.53 bits per heavy atom. The Hall–Kier alpha value is -2.57. The van der Waals surface area contributed by atoms with Crippen LogP contribution in [0.25, 0.3) is 10.9 Å². The van der Waals surface area contributed by atoms with E-state index >= 15 is 0 Å². The minimum Gasteiger partial charge on any atom is -0.440 e. The van der Waals surface area contributed by atoms with Crippen molar-refractivity contribution in [2.75, 3.05) is 38.0 Å². The molecular formula is C29H27Cl4N3O2. The second-order valence-electron chi connectivity index (χ2n) is 9.79. The van der Waals surface area contributed by atoms with Crippen molar-refractivity contribution in [3.63, 3.8) is 0 Å². The number of aryl methyl sites for hydroxylation is 1. The maximum atomic E-state index is 13.7. The summed E-state index contributed by atoms with van der Waals surface area (Å²) in [5.74, 6) is -0.611. The van der Waals surface area contributed by atoms with Crippen molar-refractivity contribution in [3.8, 4) is 0 Å². The number of esters is 1. The van der Waals surface area contributed by atoms with Gasteiger partial charge in [0.1, 0.15) is 0 Å². The number of anilines is 2. The van der Waals surface area contributed by atoms with E-state index < -0.39 is 11.6 Å². The highest BCUT2D eigenvalue weighted by Gasteiger charge is 2.55. The topological polar surface area (TPSA) is 37.7 Å². The highest BCUT2D eigenvalue weighted by atomic mass is 35.5. The SMILES string of the molecule is CCn1c(C)c(C2(c3ccc(N(C)C)cc3N(C)C)OC(=O)c3c(Cl)c(Cl)c(Cl)c(Cl)c32)c2ccccc21. The van der Waals surface area contributed by atoms with E-state index in [1.54, 1.807) is 0 Å². The number of benzene rings is 3. The van der Waals surface area contributed by atoms with Crippen LogP contribution in [0.1, 0.15) is 39.7 Å². The number of hydrogen-bond donors (Lipinski definition) is 0. The molecule has 0 spiro atoms. The number of hydrogen-bond acceptors (Lipinski definition) is 4. The number of nitrogens with zero attached hydrogens (tertiary/aromatic N) is 3. The summed E-state index contributed by atoms with van der Waals surface area (Å²) in [4.78, 5) is 17.8. The van der Waals surface area contributed by atoms with Crippen molar-refractivity contribution in [1.82, 2.24) is 4.57 Å². The van der Waals surface area contributed by atoms with Crippen LogP contribution in [0.3, 0.4) is 0 Å². The van der Waals surface area contributed by atoms with Gasteiger partial charge in [-0.15, -0.1) is 0 Å². The zero-order valence-electron chi connectivity index (χ0n) is 21.9. The summed E-state index contributed by atoms with van der Waals surface area (Å²) in [5.41, 5.74) is 4.41. The van der Waals surface area contributed by atoms with E-state index in [0.717, 1.165) is 45.6 Å². The summed E-state index contributed by atoms with van der Waals surface area (Å²) in [6, 6.07) is 14.1. The van der Waals surface area contributed by atoms with Crippen molar-refractivity contribution in [2.45, 2.75) is 26.0 Å². The number of halogens is 4. The number of rotatable bonds is 5. The molecule has 1 atom stereocenters. The molecule has 1 aromatic heterocycles. The van der Waals surface area contributed by atoms with Gasteiger partial charge in [-0.25, -0.2) is 4.79 Å². The van der Waals surface area contributed by atoms with Crippen LogP contribution in [0.5, 0.6) is 0 Å². The van der Waals surface area contributed by atoms with Crippen LogP contribution in [-0.2, 0) is 16.9 Å². The molecule has 0 N–H and O–H groups in total. The minimum atomic E-state index is -1.45. The van der Waals surface area contributed by atoms with Gasteiger partial charge < -0.3 is 19.1 Å². The van der Waals surface area contributed by atoms with E-state index in [-0.39, 0.29) is 25.7 Å². The third-order valence-corrected chi connectivity index (χ3v) is 9.13. The number of carbonyl (C=O) groups excluding carboxylic acids is 1. The zero-order valence-corrected chi connectivity index (χ0v) is 24.9. The number of ether oxygens (including phenoxy) is 1. The van der Waals surface area contributed by atoms with Crippen molar-refractivity contribution in [3.05, 3.63) is 90.5 Å². The number of para-hydroxylation sites is 1. The molecule has 2 heterocycles. The lowest BCUT2D eigenvalue weighted by Gasteiger charge is -2.35. The molecule has 198 valence electrons. The fourth-order valence-corrected chi connectivity index (χ4v) is 6.71. The molecule has 3 aromatic carbocycles. The molecule has 1 unspecified atom stereocenters. The molecule has 0 radical (unpaired) electrons. The molecule has 0 amide bonds. The van der Waals surface area contributed by atoms with Gasteiger partial charge in [0.25, 0.3) is 0 Å². The predicted octanol–water partition coefficient (Wildman–Crippen LogP) is 8.18. The van der Waals surface area contributed by atoms with Gasteiger partial charge in [-0.2, -0.15) is 0 Å². The van der Waals surface area contributed by atoms with E-state index in [9.17, 15) is 4.79 Å². The van der Waals surface area contributed by atoms with E-state index in [4.69, 9.17) is 51.1 Å². The third-order valence-electron chi connectivity index (χ3n) is 7.33. The van der Waals surface area contributed by atoms with Gasteiger partial charge in [-0.05, 0) is 32.0 Å². The van der Waals surface area contributed by atoms with Gasteiger partial charge >= 0.3 is 5.97 Å². The van der Waals surface area contributed by atoms with Gasteiger partial charge in [0.05, 0.1) is 25.7 Å². The maximum absolute atomic E-state index is 13.7. The molecule has 0 saturated heterocycles. The van der Waals surface area contributed by atoms with E-state index in [1.165, 1.54) is 0 Å². The molecule has 38 heavy (non-hydrogen) atoms. The van der Waals surface area contributed by atoms with Crippen LogP contribution >= 0.6 is 46.4 Å². The Balaban J connectivity index is 2.05. The van der Waals surface area contributed by atoms with Gasteiger partial charge in [0.15, 0.2) is 5.60 Å². The lowest BCUT2D eigenvalue weighted by molar-refractivity contribution is 0.0255. The minimum absolute atomic E-state index is 0.0216. The Bertz CT molecular complexity index is 1630. The van der Waals surface area contributed by atoms with Crippen LogP contribution in [-0.4, -0.2) is 38.7 Å². The normalized spacial score (nSPS) is 16.6. The molecule has 5 nitrogen and oxygen atoms in total. The van der Waals surface area contributed by atoms with Gasteiger partial charge in [0, 0.05) is 79.4 Å². The largest absolute Gasteiger partial charge is 0.440 e. The van der Waals surface area contributed by atoms with E-state index in [2.05, 4.69) is 23.6 Å². The van der Waals surface area contributed by atoms with Crippen molar-refractivity contribution >= 4 is 74.7 Å². The van der Waals surface area contributed by atoms with Crippen LogP contribution in [0.2, 0.25) is 20.1 Å². The highest BCUT2D eigenvalue weighted by molar-refractivity contribution is 6.53. The first-order chi connectivity index (χ1) is 18.0. The Morgan fingerprint density at radius 1 is 0.868 bits per heavy atom. The van der Waals surface area contributed by atoms with Gasteiger partial charge in [-0.1, -0.05) is 70.7 Å². The second kappa shape index (κ2) is 9.56. The summed E-state index contributed by atoms with van der Waals surface area (Å²) >= 11 is 26.7. The molecule has 0 aliphatic carbocycles. The van der Waals surface area contributed by atoms with Crippen LogP contribution < -0.4 is 9.80 Å². The summed E-state index contributed by atoms with van der Waals surface area (Å²) in [6.07, 6.45) is 0. The molecule has 1 aliphatic rings. The van der Waals surface area contributed by atoms with E-state index in [1.807, 2.05) is 75.2 Å². The number of carbonyl (C=O) groups is 1. The monoisotopic (exact) mass is 589 g/mol. The first-order valence-corrected chi connectivity index (χ1v) is 13.7. The number of cyclic esters (lactones) is 1. The summed E-state index contributed by atoms with van der Waals surface area (Å²) in [6.45, 7) is 4.84. The molecule has 4 aromatic rings. The van der Waals surface area contributed by atoms with Crippen LogP contribution in [0.4, 0.5) is 11.4 Å². The average Bonchev–Trinajstić information content (AvgIpc) is 3.36. The Kier molecular flexibility index (Phi) is 6.80. The maximum Gasteiger partial charge on any atom is 0.341 e. The number of aromatic nitrogens is 1.